The fourth-order valence-electron chi connectivity index (χ4n) is 4.82. The molecule has 0 radical (unpaired) electrons. The van der Waals surface area contributed by atoms with Crippen LogP contribution in [0.4, 0.5) is 11.4 Å². The molecule has 5 aromatic rings. The molecule has 8 nitrogen and oxygen atoms in total. The van der Waals surface area contributed by atoms with E-state index in [9.17, 15) is 5.26 Å². The van der Waals surface area contributed by atoms with Crippen molar-refractivity contribution in [2.45, 2.75) is 52.2 Å². The van der Waals surface area contributed by atoms with Crippen molar-refractivity contribution in [2.75, 3.05) is 10.6 Å². The van der Waals surface area contributed by atoms with Crippen LogP contribution < -0.4 is 10.6 Å². The van der Waals surface area contributed by atoms with Gasteiger partial charge in [-0.05, 0) is 51.0 Å². The Morgan fingerprint density at radius 1 is 1.05 bits per heavy atom. The van der Waals surface area contributed by atoms with Crippen LogP contribution in [-0.4, -0.2) is 25.0 Å². The highest BCUT2D eigenvalue weighted by molar-refractivity contribution is 6.35. The SMILES string of the molecule is CCC(Nc1c(C#N)cnc2c(Cl)cc(NC(c3cn(C(C)C)nn3)c3cccnc3C)cc12)c1ccccc1. The smallest absolute Gasteiger partial charge is 0.110 e. The number of nitrogens with zero attached hydrogens (tertiary/aromatic N) is 6. The number of anilines is 2. The van der Waals surface area contributed by atoms with Crippen molar-refractivity contribution in [3.05, 3.63) is 106 Å². The monoisotopic (exact) mass is 550 g/mol. The van der Waals surface area contributed by atoms with Crippen LogP contribution in [0.25, 0.3) is 10.9 Å². The summed E-state index contributed by atoms with van der Waals surface area (Å²) in [5.74, 6) is 0. The van der Waals surface area contributed by atoms with Gasteiger partial charge in [-0.15, -0.1) is 5.10 Å². The zero-order valence-corrected chi connectivity index (χ0v) is 23.7. The van der Waals surface area contributed by atoms with Gasteiger partial charge in [0.15, 0.2) is 0 Å². The molecule has 2 atom stereocenters. The molecule has 202 valence electrons. The maximum atomic E-state index is 9.99. The molecule has 0 saturated heterocycles. The number of benzene rings is 2. The molecule has 0 bridgehead atoms. The number of nitrogens with one attached hydrogen (secondary N) is 2. The summed E-state index contributed by atoms with van der Waals surface area (Å²) in [6.45, 7) is 8.22. The lowest BCUT2D eigenvalue weighted by Crippen LogP contribution is -2.15. The van der Waals surface area contributed by atoms with Gasteiger partial charge in [-0.25, -0.2) is 4.68 Å². The first-order chi connectivity index (χ1) is 19.4. The van der Waals surface area contributed by atoms with Crippen LogP contribution in [0, 0.1) is 18.3 Å². The van der Waals surface area contributed by atoms with E-state index in [4.69, 9.17) is 11.6 Å². The summed E-state index contributed by atoms with van der Waals surface area (Å²) in [5.41, 5.74) is 6.30. The number of hydrogen-bond donors (Lipinski definition) is 2. The van der Waals surface area contributed by atoms with Gasteiger partial charge in [-0.2, -0.15) is 5.26 Å². The molecule has 2 unspecified atom stereocenters. The standard InChI is InChI=1S/C31H31ClN8/c1-5-27(21-10-7-6-8-11-21)37-29-22(16-33)17-35-30-25(29)14-23(15-26(30)32)36-31(24-12-9-13-34-20(24)4)28-18-40(19(2)3)39-38-28/h6-15,17-19,27,31,36H,5H2,1-4H3,(H,35,37). The summed E-state index contributed by atoms with van der Waals surface area (Å²) in [4.78, 5) is 9.04. The van der Waals surface area contributed by atoms with Crippen LogP contribution in [0.3, 0.4) is 0 Å². The molecule has 0 aliphatic carbocycles. The second-order valence-electron chi connectivity index (χ2n) is 10.0. The van der Waals surface area contributed by atoms with Gasteiger partial charge in [0.1, 0.15) is 11.8 Å². The predicted molar refractivity (Wildman–Crippen MR) is 159 cm³/mol. The third-order valence-electron chi connectivity index (χ3n) is 7.00. The first-order valence-corrected chi connectivity index (χ1v) is 13.7. The summed E-state index contributed by atoms with van der Waals surface area (Å²) >= 11 is 6.81. The molecule has 0 fully saturated rings. The molecule has 3 aromatic heterocycles. The molecule has 0 spiro atoms. The number of aryl methyl sites for hydroxylation is 1. The Hall–Kier alpha value is -4.48. The summed E-state index contributed by atoms with van der Waals surface area (Å²) in [6.07, 6.45) is 6.13. The molecule has 2 aromatic carbocycles. The number of nitriles is 1. The van der Waals surface area contributed by atoms with Gasteiger partial charge in [0.2, 0.25) is 0 Å². The van der Waals surface area contributed by atoms with Crippen LogP contribution >= 0.6 is 11.6 Å². The van der Waals surface area contributed by atoms with Crippen LogP contribution in [0.1, 0.15) is 73.4 Å². The number of aromatic nitrogens is 5. The number of pyridine rings is 2. The van der Waals surface area contributed by atoms with E-state index in [0.717, 1.165) is 40.0 Å². The van der Waals surface area contributed by atoms with Crippen LogP contribution in [0.2, 0.25) is 5.02 Å². The first-order valence-electron chi connectivity index (χ1n) is 13.3. The van der Waals surface area contributed by atoms with E-state index in [-0.39, 0.29) is 18.1 Å². The van der Waals surface area contributed by atoms with Gasteiger partial charge in [-0.3, -0.25) is 9.97 Å². The molecule has 40 heavy (non-hydrogen) atoms. The highest BCUT2D eigenvalue weighted by Crippen LogP contribution is 2.37. The summed E-state index contributed by atoms with van der Waals surface area (Å²) in [5, 5.41) is 27.3. The Labute approximate surface area is 239 Å². The minimum Gasteiger partial charge on any atom is -0.377 e. The highest BCUT2D eigenvalue weighted by atomic mass is 35.5. The second-order valence-corrected chi connectivity index (χ2v) is 10.4. The van der Waals surface area contributed by atoms with E-state index < -0.39 is 0 Å². The molecule has 3 heterocycles. The lowest BCUT2D eigenvalue weighted by atomic mass is 10.0. The van der Waals surface area contributed by atoms with Gasteiger partial charge in [0, 0.05) is 40.8 Å². The lowest BCUT2D eigenvalue weighted by molar-refractivity contribution is 0.514. The second kappa shape index (κ2) is 11.7. The number of fused-ring (bicyclic) bond motifs is 1. The van der Waals surface area contributed by atoms with E-state index >= 15 is 0 Å². The Morgan fingerprint density at radius 3 is 2.52 bits per heavy atom. The van der Waals surface area contributed by atoms with Crippen LogP contribution in [-0.2, 0) is 0 Å². The van der Waals surface area contributed by atoms with E-state index in [1.165, 1.54) is 0 Å². The Morgan fingerprint density at radius 2 is 1.85 bits per heavy atom. The molecule has 0 aliphatic heterocycles. The molecule has 9 heteroatoms. The van der Waals surface area contributed by atoms with Gasteiger partial charge in [0.25, 0.3) is 0 Å². The molecule has 0 amide bonds. The Kier molecular flexibility index (Phi) is 7.94. The van der Waals surface area contributed by atoms with E-state index in [1.807, 2.05) is 60.3 Å². The van der Waals surface area contributed by atoms with Crippen LogP contribution in [0.5, 0.6) is 0 Å². The number of rotatable bonds is 9. The van der Waals surface area contributed by atoms with Gasteiger partial charge in [0.05, 0.1) is 40.1 Å². The normalized spacial score (nSPS) is 12.7. The van der Waals surface area contributed by atoms with Gasteiger partial charge < -0.3 is 10.6 Å². The molecule has 2 N–H and O–H groups in total. The van der Waals surface area contributed by atoms with Gasteiger partial charge >= 0.3 is 0 Å². The fourth-order valence-corrected chi connectivity index (χ4v) is 5.09. The summed E-state index contributed by atoms with van der Waals surface area (Å²) in [7, 11) is 0. The van der Waals surface area contributed by atoms with E-state index in [1.54, 1.807) is 12.4 Å². The quantitative estimate of drug-likeness (QED) is 0.197. The number of hydrogen-bond acceptors (Lipinski definition) is 7. The zero-order valence-electron chi connectivity index (χ0n) is 22.9. The molecular weight excluding hydrogens is 520 g/mol. The predicted octanol–water partition coefficient (Wildman–Crippen LogP) is 7.40. The summed E-state index contributed by atoms with van der Waals surface area (Å²) < 4.78 is 1.84. The van der Waals surface area contributed by atoms with Crippen molar-refractivity contribution < 1.29 is 0 Å². The molecular formula is C31H31ClN8. The van der Waals surface area contributed by atoms with Crippen LogP contribution in [0.15, 0.2) is 73.2 Å². The zero-order chi connectivity index (χ0) is 28.2. The van der Waals surface area contributed by atoms with Crippen molar-refractivity contribution in [3.63, 3.8) is 0 Å². The average Bonchev–Trinajstić information content (AvgIpc) is 3.46. The third kappa shape index (κ3) is 5.47. The topological polar surface area (TPSA) is 104 Å². The van der Waals surface area contributed by atoms with E-state index in [2.05, 4.69) is 69.9 Å². The average molecular weight is 551 g/mol. The molecule has 5 rings (SSSR count). The van der Waals surface area contributed by atoms with Gasteiger partial charge in [-0.1, -0.05) is 60.1 Å². The lowest BCUT2D eigenvalue weighted by Gasteiger charge is -2.23. The number of halogens is 1. The van der Waals surface area contributed by atoms with Crippen molar-refractivity contribution in [2.24, 2.45) is 0 Å². The van der Waals surface area contributed by atoms with Crippen molar-refractivity contribution in [1.29, 1.82) is 5.26 Å². The largest absolute Gasteiger partial charge is 0.377 e. The maximum absolute atomic E-state index is 9.99. The van der Waals surface area contributed by atoms with E-state index in [0.29, 0.717) is 21.8 Å². The molecule has 0 aliphatic rings. The Balaban J connectivity index is 1.61. The van der Waals surface area contributed by atoms with Crippen molar-refractivity contribution in [3.8, 4) is 6.07 Å². The highest BCUT2D eigenvalue weighted by Gasteiger charge is 2.23. The minimum atomic E-state index is -0.328. The van der Waals surface area contributed by atoms with Crippen molar-refractivity contribution >= 4 is 33.9 Å². The minimum absolute atomic E-state index is 0.00570. The summed E-state index contributed by atoms with van der Waals surface area (Å²) in [6, 6.07) is 20.1. The third-order valence-corrected chi connectivity index (χ3v) is 7.28. The van der Waals surface area contributed by atoms with Crippen molar-refractivity contribution in [1.82, 2.24) is 25.0 Å². The fraction of sp³-hybridized carbons (Fsp3) is 0.258. The Bertz CT molecular complexity index is 1670. The first kappa shape index (κ1) is 27.1. The molecule has 0 saturated carbocycles. The maximum Gasteiger partial charge on any atom is 0.110 e.